The van der Waals surface area contributed by atoms with E-state index >= 15 is 0 Å². The normalized spacial score (nSPS) is 10.7. The van der Waals surface area contributed by atoms with Crippen LogP contribution in [-0.4, -0.2) is 11.5 Å². The van der Waals surface area contributed by atoms with Crippen molar-refractivity contribution >= 4 is 11.8 Å². The second kappa shape index (κ2) is 6.22. The molecule has 1 aromatic carbocycles. The van der Waals surface area contributed by atoms with Crippen molar-refractivity contribution in [3.8, 4) is 0 Å². The van der Waals surface area contributed by atoms with Crippen LogP contribution in [0.15, 0.2) is 40.4 Å². The highest BCUT2D eigenvalue weighted by Gasteiger charge is 2.06. The minimum atomic E-state index is 0.671. The molecule has 19 heavy (non-hydrogen) atoms. The van der Waals surface area contributed by atoms with Crippen molar-refractivity contribution in [2.45, 2.75) is 37.1 Å². The number of hydrogen-bond donors (Lipinski definition) is 1. The summed E-state index contributed by atoms with van der Waals surface area (Å²) in [5.41, 5.74) is 10.6. The predicted octanol–water partition coefficient (Wildman–Crippen LogP) is 3.66. The molecule has 100 valence electrons. The lowest BCUT2D eigenvalue weighted by atomic mass is 10.2. The van der Waals surface area contributed by atoms with Gasteiger partial charge in [0.2, 0.25) is 0 Å². The molecule has 2 aromatic rings. The van der Waals surface area contributed by atoms with E-state index in [1.807, 2.05) is 6.20 Å². The fourth-order valence-electron chi connectivity index (χ4n) is 1.95. The number of rotatable bonds is 4. The van der Waals surface area contributed by atoms with Gasteiger partial charge >= 0.3 is 0 Å². The van der Waals surface area contributed by atoms with Gasteiger partial charge in [-0.25, -0.2) is 4.98 Å². The van der Waals surface area contributed by atoms with Crippen LogP contribution in [0.2, 0.25) is 0 Å². The summed E-state index contributed by atoms with van der Waals surface area (Å²) in [5.74, 6) is 0. The van der Waals surface area contributed by atoms with Crippen molar-refractivity contribution in [2.24, 2.45) is 5.73 Å². The summed E-state index contributed by atoms with van der Waals surface area (Å²) in [4.78, 5) is 5.85. The van der Waals surface area contributed by atoms with Crippen LogP contribution in [0.1, 0.15) is 22.3 Å². The molecule has 0 unspecified atom stereocenters. The lowest BCUT2D eigenvalue weighted by Gasteiger charge is -2.09. The molecule has 0 amide bonds. The van der Waals surface area contributed by atoms with Crippen LogP contribution >= 0.6 is 11.8 Å². The Hall–Kier alpha value is -1.32. The number of nitrogens with two attached hydrogens (primary N) is 1. The Kier molecular flexibility index (Phi) is 4.61. The van der Waals surface area contributed by atoms with Crippen LogP contribution in [0.5, 0.6) is 0 Å². The van der Waals surface area contributed by atoms with E-state index in [0.29, 0.717) is 6.54 Å². The summed E-state index contributed by atoms with van der Waals surface area (Å²) in [7, 11) is 0. The third-order valence-electron chi connectivity index (χ3n) is 3.07. The Bertz CT molecular complexity index is 579. The molecule has 3 heteroatoms. The fraction of sp³-hybridized carbons (Fsp3) is 0.312. The van der Waals surface area contributed by atoms with E-state index in [1.54, 1.807) is 11.8 Å². The van der Waals surface area contributed by atoms with E-state index in [4.69, 9.17) is 5.73 Å². The Morgan fingerprint density at radius 3 is 2.58 bits per heavy atom. The first-order valence-corrected chi connectivity index (χ1v) is 7.32. The van der Waals surface area contributed by atoms with E-state index < -0.39 is 0 Å². The highest BCUT2D eigenvalue weighted by Crippen LogP contribution is 2.31. The molecule has 0 atom stereocenters. The van der Waals surface area contributed by atoms with Crippen LogP contribution in [0.4, 0.5) is 0 Å². The third kappa shape index (κ3) is 3.58. The van der Waals surface area contributed by atoms with Crippen molar-refractivity contribution in [1.29, 1.82) is 0 Å². The van der Waals surface area contributed by atoms with Crippen molar-refractivity contribution in [3.63, 3.8) is 0 Å². The second-order valence-electron chi connectivity index (χ2n) is 4.88. The molecule has 1 heterocycles. The van der Waals surface area contributed by atoms with E-state index in [2.05, 4.69) is 50.0 Å². The highest BCUT2D eigenvalue weighted by atomic mass is 32.2. The second-order valence-corrected chi connectivity index (χ2v) is 5.91. The number of benzene rings is 1. The monoisotopic (exact) mass is 272 g/mol. The predicted molar refractivity (Wildman–Crippen MR) is 81.8 cm³/mol. The molecular formula is C16H20N2S. The molecule has 0 aliphatic heterocycles. The molecule has 0 saturated carbocycles. The molecule has 0 saturated heterocycles. The lowest BCUT2D eigenvalue weighted by molar-refractivity contribution is 0.935. The first-order valence-electron chi connectivity index (χ1n) is 6.51. The van der Waals surface area contributed by atoms with Crippen LogP contribution < -0.4 is 5.73 Å². The summed E-state index contributed by atoms with van der Waals surface area (Å²) in [6.45, 7) is 7.04. The summed E-state index contributed by atoms with van der Waals surface area (Å²) >= 11 is 1.74. The van der Waals surface area contributed by atoms with Crippen LogP contribution in [0, 0.1) is 20.8 Å². The Labute approximate surface area is 119 Å². The summed E-state index contributed by atoms with van der Waals surface area (Å²) in [6.07, 6.45) is 2.83. The zero-order valence-electron chi connectivity index (χ0n) is 11.7. The molecule has 0 fully saturated rings. The number of aryl methyl sites for hydroxylation is 3. The van der Waals surface area contributed by atoms with Gasteiger partial charge in [0.25, 0.3) is 0 Å². The zero-order valence-corrected chi connectivity index (χ0v) is 12.6. The molecule has 1 aromatic heterocycles. The number of aromatic nitrogens is 1. The van der Waals surface area contributed by atoms with E-state index in [9.17, 15) is 0 Å². The maximum Gasteiger partial charge on any atom is 0.104 e. The summed E-state index contributed by atoms with van der Waals surface area (Å²) in [6, 6.07) is 8.71. The topological polar surface area (TPSA) is 38.9 Å². The SMILES string of the molecule is Cc1ccc(C)c(Sc2ncc(CCN)cc2C)c1. The number of hydrogen-bond acceptors (Lipinski definition) is 3. The van der Waals surface area contributed by atoms with Gasteiger partial charge in [-0.05, 0) is 62.1 Å². The molecule has 2 nitrogen and oxygen atoms in total. The van der Waals surface area contributed by atoms with E-state index in [-0.39, 0.29) is 0 Å². The van der Waals surface area contributed by atoms with Gasteiger partial charge in [-0.1, -0.05) is 30.0 Å². The third-order valence-corrected chi connectivity index (χ3v) is 4.35. The zero-order chi connectivity index (χ0) is 13.8. The highest BCUT2D eigenvalue weighted by molar-refractivity contribution is 7.99. The first kappa shape index (κ1) is 14.1. The minimum absolute atomic E-state index is 0.671. The molecule has 0 bridgehead atoms. The van der Waals surface area contributed by atoms with Gasteiger partial charge in [0.15, 0.2) is 0 Å². The average molecular weight is 272 g/mol. The average Bonchev–Trinajstić information content (AvgIpc) is 2.37. The molecule has 2 N–H and O–H groups in total. The van der Waals surface area contributed by atoms with Gasteiger partial charge in [-0.3, -0.25) is 0 Å². The summed E-state index contributed by atoms with van der Waals surface area (Å²) < 4.78 is 0. The Morgan fingerprint density at radius 2 is 1.89 bits per heavy atom. The molecule has 0 radical (unpaired) electrons. The quantitative estimate of drug-likeness (QED) is 0.923. The standard InChI is InChI=1S/C16H20N2S/c1-11-4-5-12(2)15(8-11)19-16-13(3)9-14(6-7-17)10-18-16/h4-5,8-10H,6-7,17H2,1-3H3. The molecule has 0 aliphatic rings. The van der Waals surface area contributed by atoms with Crippen LogP contribution in [-0.2, 0) is 6.42 Å². The van der Waals surface area contributed by atoms with Crippen molar-refractivity contribution < 1.29 is 0 Å². The van der Waals surface area contributed by atoms with Gasteiger partial charge in [-0.15, -0.1) is 0 Å². The number of nitrogens with zero attached hydrogens (tertiary/aromatic N) is 1. The van der Waals surface area contributed by atoms with E-state index in [1.165, 1.54) is 27.1 Å². The van der Waals surface area contributed by atoms with Gasteiger partial charge in [0.05, 0.1) is 0 Å². The van der Waals surface area contributed by atoms with Crippen molar-refractivity contribution in [1.82, 2.24) is 4.98 Å². The fourth-order valence-corrected chi connectivity index (χ4v) is 2.96. The largest absolute Gasteiger partial charge is 0.330 e. The molecule has 2 rings (SSSR count). The van der Waals surface area contributed by atoms with Gasteiger partial charge < -0.3 is 5.73 Å². The van der Waals surface area contributed by atoms with Crippen LogP contribution in [0.3, 0.4) is 0 Å². The Morgan fingerprint density at radius 1 is 1.11 bits per heavy atom. The van der Waals surface area contributed by atoms with E-state index in [0.717, 1.165) is 11.4 Å². The molecule has 0 aliphatic carbocycles. The van der Waals surface area contributed by atoms with Gasteiger partial charge in [0.1, 0.15) is 5.03 Å². The Balaban J connectivity index is 2.25. The van der Waals surface area contributed by atoms with Crippen molar-refractivity contribution in [3.05, 3.63) is 52.7 Å². The lowest BCUT2D eigenvalue weighted by Crippen LogP contribution is -2.03. The summed E-state index contributed by atoms with van der Waals surface area (Å²) in [5, 5.41) is 1.08. The first-order chi connectivity index (χ1) is 9.10. The van der Waals surface area contributed by atoms with Gasteiger partial charge in [-0.2, -0.15) is 0 Å². The van der Waals surface area contributed by atoms with Gasteiger partial charge in [0, 0.05) is 11.1 Å². The molecular weight excluding hydrogens is 252 g/mol. The van der Waals surface area contributed by atoms with Crippen LogP contribution in [0.25, 0.3) is 0 Å². The maximum absolute atomic E-state index is 5.58. The minimum Gasteiger partial charge on any atom is -0.330 e. The molecule has 0 spiro atoms. The smallest absolute Gasteiger partial charge is 0.104 e. The number of pyridine rings is 1. The van der Waals surface area contributed by atoms with Crippen molar-refractivity contribution in [2.75, 3.05) is 6.54 Å². The maximum atomic E-state index is 5.58.